The van der Waals surface area contributed by atoms with Crippen LogP contribution >= 0.6 is 0 Å². The third-order valence-corrected chi connectivity index (χ3v) is 2.29. The average molecular weight is 166 g/mol. The minimum atomic E-state index is 0.0645. The molecule has 0 aromatic heterocycles. The number of aliphatic hydroxyl groups is 1. The van der Waals surface area contributed by atoms with Crippen LogP contribution in [0.4, 0.5) is 0 Å². The van der Waals surface area contributed by atoms with Crippen LogP contribution in [0.15, 0.2) is 24.5 Å². The molecule has 0 amide bonds. The van der Waals surface area contributed by atoms with Crippen LogP contribution in [-0.2, 0) is 4.79 Å². The van der Waals surface area contributed by atoms with E-state index in [1.54, 1.807) is 6.08 Å². The summed E-state index contributed by atoms with van der Waals surface area (Å²) in [6.07, 6.45) is 6.11. The van der Waals surface area contributed by atoms with Gasteiger partial charge in [-0.3, -0.25) is 4.79 Å². The van der Waals surface area contributed by atoms with E-state index in [9.17, 15) is 4.79 Å². The van der Waals surface area contributed by atoms with Crippen molar-refractivity contribution in [3.05, 3.63) is 24.5 Å². The Morgan fingerprint density at radius 2 is 2.42 bits per heavy atom. The summed E-state index contributed by atoms with van der Waals surface area (Å²) in [4.78, 5) is 11.5. The van der Waals surface area contributed by atoms with E-state index in [0.29, 0.717) is 5.57 Å². The number of allylic oxidation sites excluding steroid dienone is 2. The fourth-order valence-electron chi connectivity index (χ4n) is 1.61. The van der Waals surface area contributed by atoms with Crippen molar-refractivity contribution in [1.29, 1.82) is 0 Å². The summed E-state index contributed by atoms with van der Waals surface area (Å²) in [5.74, 6) is 0.165. The molecule has 1 atom stereocenters. The lowest BCUT2D eigenvalue weighted by Gasteiger charge is -2.20. The van der Waals surface area contributed by atoms with Gasteiger partial charge in [0.15, 0.2) is 5.78 Å². The van der Waals surface area contributed by atoms with Gasteiger partial charge in [0.05, 0.1) is 6.26 Å². The highest BCUT2D eigenvalue weighted by Crippen LogP contribution is 2.27. The smallest absolute Gasteiger partial charge is 0.165 e. The second-order valence-corrected chi connectivity index (χ2v) is 3.13. The summed E-state index contributed by atoms with van der Waals surface area (Å²) in [6.45, 7) is 3.61. The van der Waals surface area contributed by atoms with Crippen molar-refractivity contribution in [3.63, 3.8) is 0 Å². The minimum Gasteiger partial charge on any atom is -0.515 e. The molecule has 0 aromatic carbocycles. The molecule has 66 valence electrons. The minimum absolute atomic E-state index is 0.0645. The van der Waals surface area contributed by atoms with Crippen LogP contribution in [0.5, 0.6) is 0 Å². The van der Waals surface area contributed by atoms with E-state index >= 15 is 0 Å². The van der Waals surface area contributed by atoms with Gasteiger partial charge in [-0.15, -0.1) is 6.58 Å². The lowest BCUT2D eigenvalue weighted by molar-refractivity contribution is -0.120. The van der Waals surface area contributed by atoms with Gasteiger partial charge in [0, 0.05) is 11.5 Å². The van der Waals surface area contributed by atoms with Crippen molar-refractivity contribution >= 4 is 5.78 Å². The number of hydrogen-bond donors (Lipinski definition) is 1. The Labute approximate surface area is 72.6 Å². The van der Waals surface area contributed by atoms with Gasteiger partial charge in [-0.2, -0.15) is 0 Å². The molecule has 0 heterocycles. The fraction of sp³-hybridized carbons (Fsp3) is 0.500. The maximum Gasteiger partial charge on any atom is 0.165 e. The summed E-state index contributed by atoms with van der Waals surface area (Å²) >= 11 is 0. The molecule has 1 rings (SSSR count). The van der Waals surface area contributed by atoms with E-state index in [1.807, 2.05) is 0 Å². The molecule has 12 heavy (non-hydrogen) atoms. The Hall–Kier alpha value is -1.05. The predicted molar refractivity (Wildman–Crippen MR) is 47.9 cm³/mol. The topological polar surface area (TPSA) is 37.3 Å². The molecule has 0 bridgehead atoms. The first-order valence-corrected chi connectivity index (χ1v) is 4.28. The van der Waals surface area contributed by atoms with E-state index in [4.69, 9.17) is 5.11 Å². The Morgan fingerprint density at radius 3 is 3.00 bits per heavy atom. The van der Waals surface area contributed by atoms with Gasteiger partial charge in [0.1, 0.15) is 0 Å². The Morgan fingerprint density at radius 1 is 1.67 bits per heavy atom. The number of carbonyl (C=O) groups is 1. The van der Waals surface area contributed by atoms with Crippen LogP contribution in [0.1, 0.15) is 25.7 Å². The molecule has 2 heteroatoms. The summed E-state index contributed by atoms with van der Waals surface area (Å²) < 4.78 is 0. The van der Waals surface area contributed by atoms with E-state index in [0.717, 1.165) is 31.9 Å². The fourth-order valence-corrected chi connectivity index (χ4v) is 1.61. The van der Waals surface area contributed by atoms with Crippen molar-refractivity contribution in [3.8, 4) is 0 Å². The summed E-state index contributed by atoms with van der Waals surface area (Å²) in [5, 5.41) is 8.74. The van der Waals surface area contributed by atoms with E-state index in [1.165, 1.54) is 0 Å². The first kappa shape index (κ1) is 9.04. The lowest BCUT2D eigenvalue weighted by atomic mass is 9.83. The molecular weight excluding hydrogens is 152 g/mol. The number of Topliss-reactive ketones (excluding diaryl/α,β-unsaturated/α-hetero) is 1. The van der Waals surface area contributed by atoms with E-state index in [2.05, 4.69) is 6.58 Å². The van der Waals surface area contributed by atoms with Gasteiger partial charge in [0.2, 0.25) is 0 Å². The van der Waals surface area contributed by atoms with Gasteiger partial charge in [-0.05, 0) is 25.7 Å². The Balaban J connectivity index is 2.65. The van der Waals surface area contributed by atoms with Gasteiger partial charge in [-0.25, -0.2) is 0 Å². The largest absolute Gasteiger partial charge is 0.515 e. The molecule has 1 aliphatic carbocycles. The maximum absolute atomic E-state index is 11.5. The molecule has 1 N–H and O–H groups in total. The van der Waals surface area contributed by atoms with Crippen molar-refractivity contribution in [2.75, 3.05) is 0 Å². The summed E-state index contributed by atoms with van der Waals surface area (Å²) in [6, 6.07) is 0. The Bertz CT molecular complexity index is 216. The van der Waals surface area contributed by atoms with Gasteiger partial charge < -0.3 is 5.11 Å². The number of aliphatic hydroxyl groups excluding tert-OH is 1. The number of hydrogen-bond acceptors (Lipinski definition) is 2. The van der Waals surface area contributed by atoms with Crippen LogP contribution in [0.3, 0.4) is 0 Å². The summed E-state index contributed by atoms with van der Waals surface area (Å²) in [7, 11) is 0. The molecule has 0 spiro atoms. The molecule has 2 nitrogen and oxygen atoms in total. The summed E-state index contributed by atoms with van der Waals surface area (Å²) in [5.41, 5.74) is 0.577. The van der Waals surface area contributed by atoms with Crippen molar-refractivity contribution < 1.29 is 9.90 Å². The highest BCUT2D eigenvalue weighted by Gasteiger charge is 2.25. The zero-order valence-corrected chi connectivity index (χ0v) is 7.12. The standard InChI is InChI=1S/C10H14O2/c1-2-4-8-5-3-6-9(7-11)10(8)12/h2,7-8,11H,1,3-6H2/b9-7-. The van der Waals surface area contributed by atoms with Gasteiger partial charge in [0.25, 0.3) is 0 Å². The molecule has 0 saturated heterocycles. The molecule has 1 fully saturated rings. The quantitative estimate of drug-likeness (QED) is 0.388. The highest BCUT2D eigenvalue weighted by atomic mass is 16.2. The Kier molecular flexibility index (Phi) is 3.09. The monoisotopic (exact) mass is 166 g/mol. The van der Waals surface area contributed by atoms with Gasteiger partial charge >= 0.3 is 0 Å². The number of ketones is 1. The first-order valence-electron chi connectivity index (χ1n) is 4.28. The normalized spacial score (nSPS) is 27.5. The van der Waals surface area contributed by atoms with Crippen LogP contribution in [0, 0.1) is 5.92 Å². The molecule has 1 aliphatic rings. The van der Waals surface area contributed by atoms with E-state index in [-0.39, 0.29) is 11.7 Å². The predicted octanol–water partition coefficient (Wildman–Crippen LogP) is 2.37. The maximum atomic E-state index is 11.5. The molecule has 0 aromatic rings. The van der Waals surface area contributed by atoms with E-state index < -0.39 is 0 Å². The number of rotatable bonds is 2. The second kappa shape index (κ2) is 4.10. The SMILES string of the molecule is C=CCC1CCC/C(=C/O)C1=O. The second-order valence-electron chi connectivity index (χ2n) is 3.13. The van der Waals surface area contributed by atoms with Crippen LogP contribution in [0.25, 0.3) is 0 Å². The third-order valence-electron chi connectivity index (χ3n) is 2.29. The van der Waals surface area contributed by atoms with Crippen molar-refractivity contribution in [2.24, 2.45) is 5.92 Å². The van der Waals surface area contributed by atoms with Crippen molar-refractivity contribution in [2.45, 2.75) is 25.7 Å². The molecule has 1 saturated carbocycles. The van der Waals surface area contributed by atoms with Crippen LogP contribution in [-0.4, -0.2) is 10.9 Å². The van der Waals surface area contributed by atoms with Crippen molar-refractivity contribution in [1.82, 2.24) is 0 Å². The molecule has 0 radical (unpaired) electrons. The third kappa shape index (κ3) is 1.76. The van der Waals surface area contributed by atoms with Crippen LogP contribution in [0.2, 0.25) is 0 Å². The first-order chi connectivity index (χ1) is 5.79. The van der Waals surface area contributed by atoms with Crippen LogP contribution < -0.4 is 0 Å². The molecule has 1 unspecified atom stereocenters. The zero-order valence-electron chi connectivity index (χ0n) is 7.12. The average Bonchev–Trinajstić information content (AvgIpc) is 2.09. The number of carbonyl (C=O) groups excluding carboxylic acids is 1. The molecular formula is C10H14O2. The van der Waals surface area contributed by atoms with Gasteiger partial charge in [-0.1, -0.05) is 6.08 Å². The lowest BCUT2D eigenvalue weighted by Crippen LogP contribution is -2.21. The molecule has 0 aliphatic heterocycles. The highest BCUT2D eigenvalue weighted by molar-refractivity contribution is 5.97. The zero-order chi connectivity index (χ0) is 8.97.